The molecule has 16 nitrogen and oxygen atoms in total. The fourth-order valence-corrected chi connectivity index (χ4v) is 8.79. The zero-order valence-corrected chi connectivity index (χ0v) is 34.1. The van der Waals surface area contributed by atoms with E-state index in [0.717, 1.165) is 5.56 Å². The predicted molar refractivity (Wildman–Crippen MR) is 216 cm³/mol. The van der Waals surface area contributed by atoms with E-state index in [1.807, 2.05) is 30.3 Å². The number of benzene rings is 2. The van der Waals surface area contributed by atoms with Crippen molar-refractivity contribution in [1.82, 2.24) is 30.1 Å². The van der Waals surface area contributed by atoms with E-state index < -0.39 is 74.3 Å². The minimum Gasteiger partial charge on any atom is -0.497 e. The minimum absolute atomic E-state index is 0.0571. The molecule has 0 bridgehead atoms. The number of aromatic nitrogens is 1. The van der Waals surface area contributed by atoms with Crippen LogP contribution in [0.1, 0.15) is 46.5 Å². The Morgan fingerprint density at radius 1 is 1.08 bits per heavy atom. The first kappa shape index (κ1) is 41.2. The second-order valence-electron chi connectivity index (χ2n) is 16.3. The largest absolute Gasteiger partial charge is 0.497 e. The Balaban J connectivity index is 1.22. The quantitative estimate of drug-likeness (QED) is 0.202. The number of ether oxygens (including phenoxy) is 3. The van der Waals surface area contributed by atoms with Gasteiger partial charge >= 0.3 is 6.09 Å². The molecule has 2 aliphatic heterocycles. The zero-order chi connectivity index (χ0) is 42.3. The van der Waals surface area contributed by atoms with E-state index in [2.05, 4.69) is 21.9 Å². The van der Waals surface area contributed by atoms with Crippen molar-refractivity contribution >= 4 is 50.6 Å². The Hall–Kier alpha value is -5.97. The normalized spacial score (nSPS) is 23.1. The summed E-state index contributed by atoms with van der Waals surface area (Å²) in [6.07, 6.45) is 3.65. The average molecular weight is 829 g/mol. The molecular formula is C42H48N6O10S. The molecule has 5 amide bonds. The standard InChI is InChI=1S/C42H48N6O10S/c1-6-26-22-42(26,39(52)46-59(54,55)29-15-16-29)45-37(50)34-20-28(23-48(34)38(51)33(24-47-18-10-13-36(47)49)44-40(53)58-41(2,3)4)57-35-21-31(25-11-8-7-9-12-25)43-32-19-27(56-5)14-17-30(32)35/h6-14,17,19,21,26,28-29,33-34H,1,15-16,18,20,22-24H2,2-5H3,(H,44,53)(H,45,50)(H,46,52)/t26-,28?,33+,34+,42-/m1/s1. The van der Waals surface area contributed by atoms with Crippen LogP contribution in [0.5, 0.6) is 11.5 Å². The number of nitrogens with one attached hydrogen (secondary N) is 3. The lowest BCUT2D eigenvalue weighted by Gasteiger charge is -2.32. The van der Waals surface area contributed by atoms with Gasteiger partial charge in [0.05, 0.1) is 36.7 Å². The van der Waals surface area contributed by atoms with Crippen LogP contribution in [-0.4, -0.2) is 114 Å². The number of likely N-dealkylation sites (tertiary alicyclic amines) is 1. The number of methoxy groups -OCH3 is 1. The topological polar surface area (TPSA) is 203 Å². The molecular weight excluding hydrogens is 781 g/mol. The lowest BCUT2D eigenvalue weighted by molar-refractivity contribution is -0.141. The van der Waals surface area contributed by atoms with Crippen LogP contribution < -0.4 is 24.8 Å². The van der Waals surface area contributed by atoms with Crippen LogP contribution in [0.3, 0.4) is 0 Å². The monoisotopic (exact) mass is 828 g/mol. The second kappa shape index (κ2) is 16.0. The molecule has 1 unspecified atom stereocenters. The Morgan fingerprint density at radius 2 is 1.83 bits per heavy atom. The maximum Gasteiger partial charge on any atom is 0.408 e. The molecule has 0 spiro atoms. The Labute approximate surface area is 342 Å². The molecule has 2 saturated carbocycles. The maximum atomic E-state index is 14.7. The molecule has 312 valence electrons. The highest BCUT2D eigenvalue weighted by atomic mass is 32.2. The van der Waals surface area contributed by atoms with Crippen LogP contribution in [0.2, 0.25) is 0 Å². The van der Waals surface area contributed by atoms with Crippen molar-refractivity contribution in [3.05, 3.63) is 79.4 Å². The van der Waals surface area contributed by atoms with Gasteiger partial charge in [0.15, 0.2) is 0 Å². The number of hydrogen-bond acceptors (Lipinski definition) is 11. The molecule has 3 N–H and O–H groups in total. The molecule has 4 aliphatic rings. The van der Waals surface area contributed by atoms with Crippen molar-refractivity contribution in [2.75, 3.05) is 26.7 Å². The van der Waals surface area contributed by atoms with Gasteiger partial charge in [-0.1, -0.05) is 42.5 Å². The number of carbonyl (C=O) groups excluding carboxylic acids is 5. The molecule has 59 heavy (non-hydrogen) atoms. The first-order valence-electron chi connectivity index (χ1n) is 19.5. The summed E-state index contributed by atoms with van der Waals surface area (Å²) < 4.78 is 45.4. The summed E-state index contributed by atoms with van der Waals surface area (Å²) >= 11 is 0. The van der Waals surface area contributed by atoms with Gasteiger partial charge in [-0.3, -0.25) is 23.9 Å². The molecule has 5 atom stereocenters. The lowest BCUT2D eigenvalue weighted by atomic mass is 10.1. The number of fused-ring (bicyclic) bond motifs is 1. The Bertz CT molecular complexity index is 2330. The molecule has 2 aromatic carbocycles. The average Bonchev–Trinajstić information content (AvgIpc) is 4.09. The van der Waals surface area contributed by atoms with Gasteiger partial charge in [-0.25, -0.2) is 18.2 Å². The summed E-state index contributed by atoms with van der Waals surface area (Å²) in [5.74, 6) is -2.28. The van der Waals surface area contributed by atoms with E-state index in [9.17, 15) is 32.4 Å². The van der Waals surface area contributed by atoms with Gasteiger partial charge in [0.25, 0.3) is 5.91 Å². The number of pyridine rings is 1. The van der Waals surface area contributed by atoms with E-state index in [4.69, 9.17) is 19.2 Å². The van der Waals surface area contributed by atoms with E-state index in [1.54, 1.807) is 58.2 Å². The Kier molecular flexibility index (Phi) is 11.2. The molecule has 3 heterocycles. The van der Waals surface area contributed by atoms with Gasteiger partial charge in [-0.05, 0) is 52.2 Å². The number of alkyl carbamates (subject to hydrolysis) is 1. The van der Waals surface area contributed by atoms with Crippen molar-refractivity contribution in [3.8, 4) is 22.8 Å². The second-order valence-corrected chi connectivity index (χ2v) is 18.2. The molecule has 3 fully saturated rings. The Morgan fingerprint density at radius 3 is 2.46 bits per heavy atom. The summed E-state index contributed by atoms with van der Waals surface area (Å²) in [5, 5.41) is 5.35. The van der Waals surface area contributed by atoms with E-state index >= 15 is 0 Å². The van der Waals surface area contributed by atoms with E-state index in [1.165, 1.54) is 22.0 Å². The number of carbonyl (C=O) groups is 5. The van der Waals surface area contributed by atoms with Crippen LogP contribution >= 0.6 is 0 Å². The summed E-state index contributed by atoms with van der Waals surface area (Å²) in [4.78, 5) is 76.2. The zero-order valence-electron chi connectivity index (χ0n) is 33.3. The maximum absolute atomic E-state index is 14.7. The number of hydrogen-bond donors (Lipinski definition) is 3. The highest BCUT2D eigenvalue weighted by Crippen LogP contribution is 2.45. The van der Waals surface area contributed by atoms with Crippen LogP contribution in [0.4, 0.5) is 4.79 Å². The molecule has 17 heteroatoms. The third-order valence-corrected chi connectivity index (χ3v) is 12.5. The highest BCUT2D eigenvalue weighted by Gasteiger charge is 2.62. The number of rotatable bonds is 14. The van der Waals surface area contributed by atoms with Crippen LogP contribution in [0.25, 0.3) is 22.2 Å². The molecule has 1 aromatic heterocycles. The van der Waals surface area contributed by atoms with Crippen LogP contribution in [0.15, 0.2) is 79.4 Å². The molecule has 3 aromatic rings. The number of nitrogens with zero attached hydrogens (tertiary/aromatic N) is 3. The highest BCUT2D eigenvalue weighted by molar-refractivity contribution is 7.91. The first-order valence-corrected chi connectivity index (χ1v) is 21.0. The fourth-order valence-electron chi connectivity index (χ4n) is 7.43. The number of amides is 5. The van der Waals surface area contributed by atoms with Gasteiger partial charge in [0, 0.05) is 48.0 Å². The minimum atomic E-state index is -3.95. The van der Waals surface area contributed by atoms with Crippen LogP contribution in [0, 0.1) is 5.92 Å². The summed E-state index contributed by atoms with van der Waals surface area (Å²) in [5.41, 5.74) is -0.545. The number of sulfonamides is 1. The van der Waals surface area contributed by atoms with Gasteiger partial charge in [0.2, 0.25) is 27.7 Å². The van der Waals surface area contributed by atoms with E-state index in [0.29, 0.717) is 40.9 Å². The van der Waals surface area contributed by atoms with Gasteiger partial charge in [-0.15, -0.1) is 6.58 Å². The van der Waals surface area contributed by atoms with Crippen molar-refractivity contribution in [1.29, 1.82) is 0 Å². The third-order valence-electron chi connectivity index (χ3n) is 10.7. The van der Waals surface area contributed by atoms with Crippen molar-refractivity contribution in [3.63, 3.8) is 0 Å². The molecule has 7 rings (SSSR count). The van der Waals surface area contributed by atoms with E-state index in [-0.39, 0.29) is 38.4 Å². The molecule has 1 saturated heterocycles. The van der Waals surface area contributed by atoms with Crippen LogP contribution in [-0.2, 0) is 33.9 Å². The van der Waals surface area contributed by atoms with Gasteiger partial charge in [0.1, 0.15) is 40.8 Å². The smallest absolute Gasteiger partial charge is 0.408 e. The van der Waals surface area contributed by atoms with Gasteiger partial charge in [-0.2, -0.15) is 0 Å². The van der Waals surface area contributed by atoms with Gasteiger partial charge < -0.3 is 34.6 Å². The molecule has 0 radical (unpaired) electrons. The fraction of sp³-hybridized carbons (Fsp3) is 0.429. The summed E-state index contributed by atoms with van der Waals surface area (Å²) in [6.45, 7) is 8.59. The van der Waals surface area contributed by atoms with Crippen molar-refractivity contribution in [2.24, 2.45) is 5.92 Å². The SMILES string of the molecule is C=C[C@@H]1C[C@]1(NC(=O)[C@@H]1CC(Oc2cc(-c3ccccc3)nc3cc(OC)ccc23)CN1C(=O)[C@H](CN1CC=CC1=O)NC(=O)OC(C)(C)C)C(=O)NS(=O)(=O)C1CC1. The van der Waals surface area contributed by atoms with Crippen molar-refractivity contribution in [2.45, 2.75) is 81.0 Å². The predicted octanol–water partition coefficient (Wildman–Crippen LogP) is 3.22. The summed E-state index contributed by atoms with van der Waals surface area (Å²) in [6, 6.07) is 14.0. The first-order chi connectivity index (χ1) is 28.0. The summed E-state index contributed by atoms with van der Waals surface area (Å²) in [7, 11) is -2.40. The molecule has 2 aliphatic carbocycles. The van der Waals surface area contributed by atoms with Crippen molar-refractivity contribution < 1.29 is 46.6 Å². The lowest BCUT2D eigenvalue weighted by Crippen LogP contribution is -2.60. The third kappa shape index (κ3) is 9.04.